The van der Waals surface area contributed by atoms with Gasteiger partial charge in [0.2, 0.25) is 5.91 Å². The summed E-state index contributed by atoms with van der Waals surface area (Å²) in [6.45, 7) is 3.81. The fourth-order valence-electron chi connectivity index (χ4n) is 1.94. The summed E-state index contributed by atoms with van der Waals surface area (Å²) >= 11 is 5.90. The van der Waals surface area contributed by atoms with Crippen molar-refractivity contribution in [3.05, 3.63) is 46.5 Å². The second kappa shape index (κ2) is 6.52. The Morgan fingerprint density at radius 2 is 2.30 bits per heavy atom. The van der Waals surface area contributed by atoms with Crippen molar-refractivity contribution in [2.24, 2.45) is 0 Å². The molecule has 1 aromatic carbocycles. The molecule has 6 heteroatoms. The molecule has 0 saturated carbocycles. The minimum absolute atomic E-state index is 0.0680. The van der Waals surface area contributed by atoms with Crippen LogP contribution < -0.4 is 5.32 Å². The Balaban J connectivity index is 1.99. The number of H-pyrrole nitrogens is 1. The summed E-state index contributed by atoms with van der Waals surface area (Å²) in [4.78, 5) is 16.3. The van der Waals surface area contributed by atoms with Gasteiger partial charge >= 0.3 is 0 Å². The number of aromatic amines is 1. The van der Waals surface area contributed by atoms with E-state index in [1.54, 1.807) is 12.1 Å². The summed E-state index contributed by atoms with van der Waals surface area (Å²) < 4.78 is 0. The lowest BCUT2D eigenvalue weighted by atomic mass is 10.1. The van der Waals surface area contributed by atoms with Crippen LogP contribution in [0.5, 0.6) is 0 Å². The Morgan fingerprint density at radius 3 is 2.90 bits per heavy atom. The lowest BCUT2D eigenvalue weighted by molar-refractivity contribution is -0.121. The molecule has 1 unspecified atom stereocenters. The zero-order valence-electron chi connectivity index (χ0n) is 11.5. The van der Waals surface area contributed by atoms with E-state index in [1.165, 1.54) is 0 Å². The summed E-state index contributed by atoms with van der Waals surface area (Å²) in [6, 6.07) is 7.11. The summed E-state index contributed by atoms with van der Waals surface area (Å²) in [6.07, 6.45) is 1.03. The van der Waals surface area contributed by atoms with Crippen LogP contribution in [0, 0.1) is 6.92 Å². The van der Waals surface area contributed by atoms with E-state index in [-0.39, 0.29) is 11.9 Å². The first-order chi connectivity index (χ1) is 9.58. The van der Waals surface area contributed by atoms with Gasteiger partial charge in [-0.2, -0.15) is 5.10 Å². The molecule has 1 aromatic heterocycles. The number of hydrogen-bond acceptors (Lipinski definition) is 3. The molecule has 1 atom stereocenters. The van der Waals surface area contributed by atoms with Crippen molar-refractivity contribution in [1.29, 1.82) is 0 Å². The van der Waals surface area contributed by atoms with Gasteiger partial charge in [-0.3, -0.25) is 9.89 Å². The average Bonchev–Trinajstić information content (AvgIpc) is 2.82. The minimum Gasteiger partial charge on any atom is -0.346 e. The fourth-order valence-corrected chi connectivity index (χ4v) is 2.16. The van der Waals surface area contributed by atoms with Crippen molar-refractivity contribution in [3.8, 4) is 0 Å². The van der Waals surface area contributed by atoms with Crippen molar-refractivity contribution >= 4 is 17.5 Å². The summed E-state index contributed by atoms with van der Waals surface area (Å²) in [5, 5.41) is 10.4. The van der Waals surface area contributed by atoms with E-state index in [4.69, 9.17) is 11.6 Å². The van der Waals surface area contributed by atoms with Crippen LogP contribution in [0.3, 0.4) is 0 Å². The first kappa shape index (κ1) is 14.5. The van der Waals surface area contributed by atoms with E-state index in [9.17, 15) is 4.79 Å². The maximum Gasteiger partial charge on any atom is 0.225 e. The number of nitrogens with one attached hydrogen (secondary N) is 2. The van der Waals surface area contributed by atoms with E-state index < -0.39 is 0 Å². The molecule has 2 N–H and O–H groups in total. The number of carbonyl (C=O) groups excluding carboxylic acids is 1. The van der Waals surface area contributed by atoms with Gasteiger partial charge in [0.05, 0.1) is 12.5 Å². The zero-order chi connectivity index (χ0) is 14.5. The lowest BCUT2D eigenvalue weighted by Gasteiger charge is -2.13. The van der Waals surface area contributed by atoms with Gasteiger partial charge in [-0.05, 0) is 31.0 Å². The third-order valence-electron chi connectivity index (χ3n) is 2.92. The monoisotopic (exact) mass is 292 g/mol. The Bertz CT molecular complexity index is 596. The van der Waals surface area contributed by atoms with Gasteiger partial charge in [-0.25, -0.2) is 4.98 Å². The number of aromatic nitrogens is 3. The number of aryl methyl sites for hydroxylation is 1. The molecule has 0 radical (unpaired) electrons. The molecule has 0 saturated heterocycles. The molecule has 20 heavy (non-hydrogen) atoms. The van der Waals surface area contributed by atoms with Gasteiger partial charge in [0.15, 0.2) is 5.82 Å². The number of nitrogens with zero attached hydrogens (tertiary/aromatic N) is 2. The third kappa shape index (κ3) is 3.81. The molecule has 0 aliphatic carbocycles. The average molecular weight is 293 g/mol. The standard InChI is InChI=1S/C14H17ClN4O/c1-3-12(14-16-9(2)18-19-14)17-13(20)8-10-5-4-6-11(15)7-10/h4-7,12H,3,8H2,1-2H3,(H,17,20)(H,16,18,19). The summed E-state index contributed by atoms with van der Waals surface area (Å²) in [5.74, 6) is 1.29. The Kier molecular flexibility index (Phi) is 4.74. The van der Waals surface area contributed by atoms with E-state index in [0.717, 1.165) is 17.8 Å². The SMILES string of the molecule is CCC(NC(=O)Cc1cccc(Cl)c1)c1n[nH]c(C)n1. The van der Waals surface area contributed by atoms with E-state index in [1.807, 2.05) is 26.0 Å². The van der Waals surface area contributed by atoms with Gasteiger partial charge in [0.25, 0.3) is 0 Å². The molecule has 1 amide bonds. The Labute approximate surface area is 122 Å². The molecule has 106 valence electrons. The van der Waals surface area contributed by atoms with Crippen molar-refractivity contribution in [2.75, 3.05) is 0 Å². The number of halogens is 1. The molecular formula is C14H17ClN4O. The Hall–Kier alpha value is -1.88. The molecule has 0 aliphatic rings. The van der Waals surface area contributed by atoms with Crippen molar-refractivity contribution in [3.63, 3.8) is 0 Å². The highest BCUT2D eigenvalue weighted by Crippen LogP contribution is 2.14. The number of hydrogen-bond donors (Lipinski definition) is 2. The van der Waals surface area contributed by atoms with E-state index in [2.05, 4.69) is 20.5 Å². The first-order valence-electron chi connectivity index (χ1n) is 6.51. The van der Waals surface area contributed by atoms with Crippen molar-refractivity contribution in [2.45, 2.75) is 32.7 Å². The predicted molar refractivity (Wildman–Crippen MR) is 77.5 cm³/mol. The van der Waals surface area contributed by atoms with Crippen molar-refractivity contribution < 1.29 is 4.79 Å². The van der Waals surface area contributed by atoms with Gasteiger partial charge in [-0.1, -0.05) is 30.7 Å². The quantitative estimate of drug-likeness (QED) is 0.890. The molecule has 0 fully saturated rings. The smallest absolute Gasteiger partial charge is 0.225 e. The van der Waals surface area contributed by atoms with Gasteiger partial charge in [0, 0.05) is 5.02 Å². The van der Waals surface area contributed by atoms with Crippen LogP contribution in [0.1, 0.15) is 36.6 Å². The number of benzene rings is 1. The van der Waals surface area contributed by atoms with E-state index >= 15 is 0 Å². The highest BCUT2D eigenvalue weighted by Gasteiger charge is 2.16. The van der Waals surface area contributed by atoms with Gasteiger partial charge < -0.3 is 5.32 Å². The van der Waals surface area contributed by atoms with Crippen LogP contribution in [0.2, 0.25) is 5.02 Å². The fraction of sp³-hybridized carbons (Fsp3) is 0.357. The second-order valence-electron chi connectivity index (χ2n) is 4.61. The minimum atomic E-state index is -0.174. The number of carbonyl (C=O) groups is 1. The molecular weight excluding hydrogens is 276 g/mol. The third-order valence-corrected chi connectivity index (χ3v) is 3.16. The van der Waals surface area contributed by atoms with Crippen LogP contribution in [0.4, 0.5) is 0 Å². The van der Waals surface area contributed by atoms with Crippen LogP contribution in [0.25, 0.3) is 0 Å². The normalized spacial score (nSPS) is 12.2. The first-order valence-corrected chi connectivity index (χ1v) is 6.89. The van der Waals surface area contributed by atoms with Crippen LogP contribution >= 0.6 is 11.6 Å². The highest BCUT2D eigenvalue weighted by molar-refractivity contribution is 6.30. The topological polar surface area (TPSA) is 70.7 Å². The van der Waals surface area contributed by atoms with Gasteiger partial charge in [-0.15, -0.1) is 0 Å². The van der Waals surface area contributed by atoms with Crippen molar-refractivity contribution in [1.82, 2.24) is 20.5 Å². The molecule has 0 bridgehead atoms. The molecule has 0 spiro atoms. The van der Waals surface area contributed by atoms with E-state index in [0.29, 0.717) is 17.3 Å². The lowest BCUT2D eigenvalue weighted by Crippen LogP contribution is -2.30. The molecule has 2 aromatic rings. The molecule has 5 nitrogen and oxygen atoms in total. The number of amides is 1. The largest absolute Gasteiger partial charge is 0.346 e. The highest BCUT2D eigenvalue weighted by atomic mass is 35.5. The molecule has 1 heterocycles. The van der Waals surface area contributed by atoms with Crippen LogP contribution in [-0.4, -0.2) is 21.1 Å². The van der Waals surface area contributed by atoms with Crippen LogP contribution in [0.15, 0.2) is 24.3 Å². The maximum atomic E-state index is 12.1. The summed E-state index contributed by atoms with van der Waals surface area (Å²) in [7, 11) is 0. The zero-order valence-corrected chi connectivity index (χ0v) is 12.2. The predicted octanol–water partition coefficient (Wildman–Crippen LogP) is 2.58. The maximum absolute atomic E-state index is 12.1. The Morgan fingerprint density at radius 1 is 1.50 bits per heavy atom. The molecule has 2 rings (SSSR count). The summed E-state index contributed by atoms with van der Waals surface area (Å²) in [5.41, 5.74) is 0.885. The second-order valence-corrected chi connectivity index (χ2v) is 5.05. The molecule has 0 aliphatic heterocycles. The van der Waals surface area contributed by atoms with Crippen LogP contribution in [-0.2, 0) is 11.2 Å². The van der Waals surface area contributed by atoms with Gasteiger partial charge in [0.1, 0.15) is 5.82 Å². The number of rotatable bonds is 5.